The Morgan fingerprint density at radius 1 is 1.04 bits per heavy atom. The van der Waals surface area contributed by atoms with Gasteiger partial charge in [-0.05, 0) is 98.0 Å². The van der Waals surface area contributed by atoms with Gasteiger partial charge in [0.25, 0.3) is 5.91 Å². The molecule has 2 aliphatic heterocycles. The van der Waals surface area contributed by atoms with E-state index in [9.17, 15) is 4.79 Å². The van der Waals surface area contributed by atoms with Crippen molar-refractivity contribution in [3.8, 4) is 0 Å². The summed E-state index contributed by atoms with van der Waals surface area (Å²) in [6.07, 6.45) is 4.50. The van der Waals surface area contributed by atoms with E-state index in [1.165, 1.54) is 35.9 Å². The Labute approximate surface area is 170 Å². The number of amidine groups is 1. The minimum atomic E-state index is -0.0869. The first-order valence-corrected chi connectivity index (χ1v) is 10.5. The molecule has 2 fully saturated rings. The van der Waals surface area contributed by atoms with Crippen molar-refractivity contribution in [1.29, 1.82) is 0 Å². The predicted octanol–water partition coefficient (Wildman–Crippen LogP) is 5.10. The SMILES string of the molecule is Cc1cc(C)cc(N=C2NC(=O)/C(=C/c3ccc(N4CCCC4)cc3C)S2)c1. The van der Waals surface area contributed by atoms with Crippen LogP contribution in [-0.4, -0.2) is 24.2 Å². The number of aryl methyl sites for hydroxylation is 3. The fraction of sp³-hybridized carbons (Fsp3) is 0.304. The zero-order chi connectivity index (χ0) is 19.7. The van der Waals surface area contributed by atoms with Gasteiger partial charge in [-0.15, -0.1) is 0 Å². The summed E-state index contributed by atoms with van der Waals surface area (Å²) in [6.45, 7) is 8.48. The van der Waals surface area contributed by atoms with Gasteiger partial charge in [0.2, 0.25) is 0 Å². The minimum absolute atomic E-state index is 0.0869. The molecule has 5 heteroatoms. The first-order chi connectivity index (χ1) is 13.5. The number of anilines is 1. The van der Waals surface area contributed by atoms with E-state index in [-0.39, 0.29) is 5.91 Å². The molecule has 144 valence electrons. The van der Waals surface area contributed by atoms with Crippen LogP contribution in [0.15, 0.2) is 46.3 Å². The molecule has 4 rings (SSSR count). The van der Waals surface area contributed by atoms with Crippen molar-refractivity contribution in [2.45, 2.75) is 33.6 Å². The fourth-order valence-corrected chi connectivity index (χ4v) is 4.58. The normalized spacial score (nSPS) is 19.7. The Morgan fingerprint density at radius 2 is 1.75 bits per heavy atom. The van der Waals surface area contributed by atoms with Crippen LogP contribution in [0.3, 0.4) is 0 Å². The van der Waals surface area contributed by atoms with Crippen molar-refractivity contribution in [3.63, 3.8) is 0 Å². The van der Waals surface area contributed by atoms with Gasteiger partial charge in [0.1, 0.15) is 0 Å². The highest BCUT2D eigenvalue weighted by molar-refractivity contribution is 8.18. The van der Waals surface area contributed by atoms with E-state index in [0.29, 0.717) is 10.1 Å². The number of amides is 1. The lowest BCUT2D eigenvalue weighted by molar-refractivity contribution is -0.115. The lowest BCUT2D eigenvalue weighted by Crippen LogP contribution is -2.19. The van der Waals surface area contributed by atoms with Crippen molar-refractivity contribution >= 4 is 40.3 Å². The molecule has 2 saturated heterocycles. The first-order valence-electron chi connectivity index (χ1n) is 9.71. The topological polar surface area (TPSA) is 44.7 Å². The molecule has 0 bridgehead atoms. The summed E-state index contributed by atoms with van der Waals surface area (Å²) < 4.78 is 0. The standard InChI is InChI=1S/C23H25N3OS/c1-15-10-16(2)12-19(11-15)24-23-25-22(27)21(28-23)14-18-6-7-20(13-17(18)3)26-8-4-5-9-26/h6-7,10-14H,4-5,8-9H2,1-3H3,(H,24,25,27)/b21-14-. The summed E-state index contributed by atoms with van der Waals surface area (Å²) in [5.41, 5.74) is 6.74. The average molecular weight is 392 g/mol. The molecule has 0 radical (unpaired) electrons. The van der Waals surface area contributed by atoms with Crippen LogP contribution < -0.4 is 10.2 Å². The highest BCUT2D eigenvalue weighted by Gasteiger charge is 2.24. The molecule has 0 aliphatic carbocycles. The number of hydrogen-bond acceptors (Lipinski definition) is 4. The van der Waals surface area contributed by atoms with Gasteiger partial charge >= 0.3 is 0 Å². The number of hydrogen-bond donors (Lipinski definition) is 1. The maximum absolute atomic E-state index is 12.4. The Bertz CT molecular complexity index is 967. The van der Waals surface area contributed by atoms with Gasteiger partial charge in [0, 0.05) is 18.8 Å². The maximum Gasteiger partial charge on any atom is 0.264 e. The van der Waals surface area contributed by atoms with Crippen molar-refractivity contribution in [3.05, 3.63) is 63.6 Å². The number of carbonyl (C=O) groups excluding carboxylic acids is 1. The first kappa shape index (κ1) is 18.8. The van der Waals surface area contributed by atoms with Crippen molar-refractivity contribution in [2.24, 2.45) is 4.99 Å². The average Bonchev–Trinajstić information content (AvgIpc) is 3.26. The molecule has 1 amide bonds. The van der Waals surface area contributed by atoms with Crippen LogP contribution in [0, 0.1) is 20.8 Å². The zero-order valence-electron chi connectivity index (χ0n) is 16.6. The molecule has 2 aromatic rings. The molecule has 2 aromatic carbocycles. The molecule has 0 aromatic heterocycles. The van der Waals surface area contributed by atoms with E-state index >= 15 is 0 Å². The molecule has 4 nitrogen and oxygen atoms in total. The molecular formula is C23H25N3OS. The summed E-state index contributed by atoms with van der Waals surface area (Å²) in [6, 6.07) is 12.7. The van der Waals surface area contributed by atoms with Gasteiger partial charge in [0.15, 0.2) is 5.17 Å². The van der Waals surface area contributed by atoms with E-state index in [1.807, 2.05) is 18.2 Å². The van der Waals surface area contributed by atoms with Crippen molar-refractivity contribution < 1.29 is 4.79 Å². The Hall–Kier alpha value is -2.53. The van der Waals surface area contributed by atoms with Gasteiger partial charge in [-0.25, -0.2) is 4.99 Å². The number of rotatable bonds is 3. The second kappa shape index (κ2) is 7.84. The molecule has 2 heterocycles. The lowest BCUT2D eigenvalue weighted by atomic mass is 10.1. The third kappa shape index (κ3) is 4.14. The van der Waals surface area contributed by atoms with Gasteiger partial charge in [-0.3, -0.25) is 4.79 Å². The van der Waals surface area contributed by atoms with E-state index < -0.39 is 0 Å². The zero-order valence-corrected chi connectivity index (χ0v) is 17.4. The molecule has 1 N–H and O–H groups in total. The number of benzene rings is 2. The third-order valence-corrected chi connectivity index (χ3v) is 6.01. The summed E-state index contributed by atoms with van der Waals surface area (Å²) in [7, 11) is 0. The molecule has 0 saturated carbocycles. The highest BCUT2D eigenvalue weighted by Crippen LogP contribution is 2.30. The van der Waals surface area contributed by atoms with E-state index in [0.717, 1.165) is 35.5 Å². The molecule has 0 unspecified atom stereocenters. The van der Waals surface area contributed by atoms with Crippen LogP contribution in [0.5, 0.6) is 0 Å². The maximum atomic E-state index is 12.4. The van der Waals surface area contributed by atoms with Gasteiger partial charge in [0.05, 0.1) is 10.6 Å². The number of thioether (sulfide) groups is 1. The van der Waals surface area contributed by atoms with Crippen LogP contribution in [0.2, 0.25) is 0 Å². The van der Waals surface area contributed by atoms with Crippen LogP contribution in [-0.2, 0) is 4.79 Å². The predicted molar refractivity (Wildman–Crippen MR) is 119 cm³/mol. The Kier molecular flexibility index (Phi) is 5.27. The molecule has 28 heavy (non-hydrogen) atoms. The van der Waals surface area contributed by atoms with Crippen LogP contribution in [0.4, 0.5) is 11.4 Å². The Balaban J connectivity index is 1.55. The van der Waals surface area contributed by atoms with E-state index in [4.69, 9.17) is 0 Å². The third-order valence-electron chi connectivity index (χ3n) is 5.10. The second-order valence-electron chi connectivity index (χ2n) is 7.56. The smallest absolute Gasteiger partial charge is 0.264 e. The number of nitrogens with one attached hydrogen (secondary N) is 1. The molecule has 2 aliphatic rings. The summed E-state index contributed by atoms with van der Waals surface area (Å²) in [5.74, 6) is -0.0869. The monoisotopic (exact) mass is 391 g/mol. The van der Waals surface area contributed by atoms with E-state index in [1.54, 1.807) is 0 Å². The molecule has 0 atom stereocenters. The van der Waals surface area contributed by atoms with Gasteiger partial charge < -0.3 is 10.2 Å². The van der Waals surface area contributed by atoms with Gasteiger partial charge in [-0.2, -0.15) is 0 Å². The van der Waals surface area contributed by atoms with Crippen LogP contribution in [0.1, 0.15) is 35.1 Å². The highest BCUT2D eigenvalue weighted by atomic mass is 32.2. The van der Waals surface area contributed by atoms with E-state index in [2.05, 4.69) is 60.2 Å². The van der Waals surface area contributed by atoms with Gasteiger partial charge in [-0.1, -0.05) is 12.1 Å². The molecular weight excluding hydrogens is 366 g/mol. The van der Waals surface area contributed by atoms with Crippen LogP contribution in [0.25, 0.3) is 6.08 Å². The largest absolute Gasteiger partial charge is 0.372 e. The fourth-order valence-electron chi connectivity index (χ4n) is 3.75. The lowest BCUT2D eigenvalue weighted by Gasteiger charge is -2.18. The summed E-state index contributed by atoms with van der Waals surface area (Å²) in [4.78, 5) is 20.1. The number of aliphatic imine (C=N–C) groups is 1. The minimum Gasteiger partial charge on any atom is -0.372 e. The quantitative estimate of drug-likeness (QED) is 0.740. The number of nitrogens with zero attached hydrogens (tertiary/aromatic N) is 2. The Morgan fingerprint density at radius 3 is 2.43 bits per heavy atom. The molecule has 0 spiro atoms. The second-order valence-corrected chi connectivity index (χ2v) is 8.59. The summed E-state index contributed by atoms with van der Waals surface area (Å²) >= 11 is 1.40. The van der Waals surface area contributed by atoms with Crippen molar-refractivity contribution in [2.75, 3.05) is 18.0 Å². The number of carbonyl (C=O) groups is 1. The van der Waals surface area contributed by atoms with Crippen LogP contribution >= 0.6 is 11.8 Å². The van der Waals surface area contributed by atoms with Crippen molar-refractivity contribution in [1.82, 2.24) is 5.32 Å². The summed E-state index contributed by atoms with van der Waals surface area (Å²) in [5, 5.41) is 3.52.